The van der Waals surface area contributed by atoms with Gasteiger partial charge >= 0.3 is 0 Å². The minimum atomic E-state index is -0.528. The third-order valence-electron chi connectivity index (χ3n) is 2.77. The Morgan fingerprint density at radius 3 is 2.63 bits per heavy atom. The molecule has 0 aromatic heterocycles. The van der Waals surface area contributed by atoms with Crippen LogP contribution in [0.15, 0.2) is 18.2 Å². The average molecular weight is 266 g/mol. The summed E-state index contributed by atoms with van der Waals surface area (Å²) in [5.41, 5.74) is 6.53. The quantitative estimate of drug-likeness (QED) is 0.836. The van der Waals surface area contributed by atoms with Crippen molar-refractivity contribution < 1.29 is 14.3 Å². The van der Waals surface area contributed by atoms with Crippen molar-refractivity contribution in [1.82, 2.24) is 4.90 Å². The van der Waals surface area contributed by atoms with Gasteiger partial charge in [0.25, 0.3) is 5.91 Å². The Kier molecular flexibility index (Phi) is 5.63. The molecule has 5 nitrogen and oxygen atoms in total. The van der Waals surface area contributed by atoms with Crippen LogP contribution in [0.2, 0.25) is 0 Å². The molecular weight excluding hydrogens is 244 g/mol. The van der Waals surface area contributed by atoms with E-state index in [4.69, 9.17) is 15.2 Å². The van der Waals surface area contributed by atoms with Crippen LogP contribution >= 0.6 is 0 Å². The van der Waals surface area contributed by atoms with E-state index in [2.05, 4.69) is 0 Å². The summed E-state index contributed by atoms with van der Waals surface area (Å²) in [7, 11) is 5.02. The van der Waals surface area contributed by atoms with Crippen molar-refractivity contribution in [2.45, 2.75) is 19.4 Å². The summed E-state index contributed by atoms with van der Waals surface area (Å²) in [5, 5.41) is 0. The Labute approximate surface area is 114 Å². The van der Waals surface area contributed by atoms with Gasteiger partial charge in [-0.2, -0.15) is 0 Å². The number of nitrogens with zero attached hydrogens (tertiary/aromatic N) is 1. The lowest BCUT2D eigenvalue weighted by Crippen LogP contribution is -2.35. The number of carbonyl (C=O) groups excluding carboxylic acids is 1. The summed E-state index contributed by atoms with van der Waals surface area (Å²) >= 11 is 0. The first-order chi connectivity index (χ1) is 8.99. The highest BCUT2D eigenvalue weighted by molar-refractivity contribution is 5.80. The lowest BCUT2D eigenvalue weighted by Gasteiger charge is -2.20. The molecule has 1 unspecified atom stereocenters. The van der Waals surface area contributed by atoms with Crippen molar-refractivity contribution in [3.05, 3.63) is 23.8 Å². The van der Waals surface area contributed by atoms with Crippen LogP contribution in [0, 0.1) is 0 Å². The van der Waals surface area contributed by atoms with E-state index >= 15 is 0 Å². The summed E-state index contributed by atoms with van der Waals surface area (Å²) in [6.45, 7) is 2.25. The Bertz CT molecular complexity index is 433. The zero-order valence-corrected chi connectivity index (χ0v) is 12.0. The number of nitrogens with two attached hydrogens (primary N) is 1. The molecule has 0 aliphatic rings. The molecule has 0 aliphatic heterocycles. The fourth-order valence-corrected chi connectivity index (χ4v) is 1.75. The van der Waals surface area contributed by atoms with Crippen LogP contribution in [0.5, 0.6) is 11.5 Å². The van der Waals surface area contributed by atoms with Crippen molar-refractivity contribution in [3.63, 3.8) is 0 Å². The first-order valence-electron chi connectivity index (χ1n) is 6.24. The molecule has 0 fully saturated rings. The maximum Gasteiger partial charge on any atom is 0.262 e. The van der Waals surface area contributed by atoms with E-state index in [-0.39, 0.29) is 5.91 Å². The molecule has 1 atom stereocenters. The zero-order valence-electron chi connectivity index (χ0n) is 12.0. The van der Waals surface area contributed by atoms with Gasteiger partial charge in [0.15, 0.2) is 6.10 Å². The van der Waals surface area contributed by atoms with Crippen molar-refractivity contribution in [1.29, 1.82) is 0 Å². The Balaban J connectivity index is 2.90. The van der Waals surface area contributed by atoms with Crippen LogP contribution in [-0.2, 0) is 11.2 Å². The maximum atomic E-state index is 11.8. The van der Waals surface area contributed by atoms with E-state index in [0.717, 1.165) is 11.3 Å². The van der Waals surface area contributed by atoms with Gasteiger partial charge in [0.2, 0.25) is 0 Å². The van der Waals surface area contributed by atoms with Gasteiger partial charge < -0.3 is 20.1 Å². The second kappa shape index (κ2) is 6.99. The van der Waals surface area contributed by atoms with Gasteiger partial charge in [-0.25, -0.2) is 0 Å². The highest BCUT2D eigenvalue weighted by atomic mass is 16.5. The maximum absolute atomic E-state index is 11.8. The van der Waals surface area contributed by atoms with Crippen molar-refractivity contribution in [3.8, 4) is 11.5 Å². The largest absolute Gasteiger partial charge is 0.497 e. The highest BCUT2D eigenvalue weighted by Gasteiger charge is 2.18. The van der Waals surface area contributed by atoms with Gasteiger partial charge in [-0.15, -0.1) is 0 Å². The number of rotatable bonds is 6. The van der Waals surface area contributed by atoms with Crippen LogP contribution in [0.3, 0.4) is 0 Å². The van der Waals surface area contributed by atoms with Crippen LogP contribution in [0.25, 0.3) is 0 Å². The fourth-order valence-electron chi connectivity index (χ4n) is 1.75. The minimum absolute atomic E-state index is 0.0745. The van der Waals surface area contributed by atoms with Crippen LogP contribution in [0.4, 0.5) is 0 Å². The van der Waals surface area contributed by atoms with Gasteiger partial charge in [0.1, 0.15) is 11.5 Å². The normalized spacial score (nSPS) is 11.8. The van der Waals surface area contributed by atoms with E-state index in [1.54, 1.807) is 28.1 Å². The monoisotopic (exact) mass is 266 g/mol. The topological polar surface area (TPSA) is 64.8 Å². The number of hydrogen-bond acceptors (Lipinski definition) is 4. The molecule has 1 amide bonds. The molecule has 0 saturated heterocycles. The second-order valence-corrected chi connectivity index (χ2v) is 4.51. The van der Waals surface area contributed by atoms with E-state index in [0.29, 0.717) is 18.7 Å². The number of methoxy groups -OCH3 is 1. The number of likely N-dealkylation sites (N-methyl/N-ethyl adjacent to an activating group) is 1. The van der Waals surface area contributed by atoms with Crippen LogP contribution < -0.4 is 15.2 Å². The van der Waals surface area contributed by atoms with Gasteiger partial charge in [-0.1, -0.05) is 0 Å². The first kappa shape index (κ1) is 15.3. The molecule has 0 bridgehead atoms. The molecule has 0 radical (unpaired) electrons. The van der Waals surface area contributed by atoms with Crippen LogP contribution in [-0.4, -0.2) is 44.7 Å². The zero-order chi connectivity index (χ0) is 14.4. The van der Waals surface area contributed by atoms with Crippen molar-refractivity contribution in [2.75, 3.05) is 27.7 Å². The molecule has 2 N–H and O–H groups in total. The standard InChI is InChI=1S/C14H22N2O3/c1-10(14(17)16(2)3)19-13-6-5-12(18-4)9-11(13)7-8-15/h5-6,9-10H,7-8,15H2,1-4H3. The van der Waals surface area contributed by atoms with Crippen molar-refractivity contribution in [2.24, 2.45) is 5.73 Å². The van der Waals surface area contributed by atoms with Crippen molar-refractivity contribution >= 4 is 5.91 Å². The predicted molar refractivity (Wildman–Crippen MR) is 74.5 cm³/mol. The first-order valence-corrected chi connectivity index (χ1v) is 6.24. The molecule has 0 spiro atoms. The Morgan fingerprint density at radius 1 is 1.42 bits per heavy atom. The molecule has 19 heavy (non-hydrogen) atoms. The molecule has 106 valence electrons. The third kappa shape index (κ3) is 4.13. The van der Waals surface area contributed by atoms with E-state index < -0.39 is 6.10 Å². The summed E-state index contributed by atoms with van der Waals surface area (Å²) < 4.78 is 10.9. The number of hydrogen-bond donors (Lipinski definition) is 1. The molecular formula is C14H22N2O3. The van der Waals surface area contributed by atoms with Crippen LogP contribution in [0.1, 0.15) is 12.5 Å². The van der Waals surface area contributed by atoms with E-state index in [9.17, 15) is 4.79 Å². The molecule has 1 aromatic rings. The molecule has 1 aromatic carbocycles. The highest BCUT2D eigenvalue weighted by Crippen LogP contribution is 2.25. The van der Waals surface area contributed by atoms with Gasteiger partial charge in [-0.05, 0) is 43.7 Å². The summed E-state index contributed by atoms with van der Waals surface area (Å²) in [6.07, 6.45) is 0.148. The number of ether oxygens (including phenoxy) is 2. The number of carbonyl (C=O) groups is 1. The summed E-state index contributed by atoms with van der Waals surface area (Å²) in [4.78, 5) is 13.3. The van der Waals surface area contributed by atoms with E-state index in [1.807, 2.05) is 18.2 Å². The number of benzene rings is 1. The third-order valence-corrected chi connectivity index (χ3v) is 2.77. The molecule has 0 saturated carbocycles. The number of amides is 1. The predicted octanol–water partition coefficient (Wildman–Crippen LogP) is 1.05. The molecule has 1 rings (SSSR count). The van der Waals surface area contributed by atoms with Gasteiger partial charge in [-0.3, -0.25) is 4.79 Å². The lowest BCUT2D eigenvalue weighted by atomic mass is 10.1. The van der Waals surface area contributed by atoms with Gasteiger partial charge in [0, 0.05) is 14.1 Å². The Morgan fingerprint density at radius 2 is 2.11 bits per heavy atom. The lowest BCUT2D eigenvalue weighted by molar-refractivity contribution is -0.135. The average Bonchev–Trinajstić information content (AvgIpc) is 2.39. The SMILES string of the molecule is COc1ccc(OC(C)C(=O)N(C)C)c(CCN)c1. The summed E-state index contributed by atoms with van der Waals surface area (Å²) in [6, 6.07) is 5.50. The fraction of sp³-hybridized carbons (Fsp3) is 0.500. The molecule has 0 heterocycles. The summed E-state index contributed by atoms with van der Waals surface area (Å²) in [5.74, 6) is 1.35. The van der Waals surface area contributed by atoms with E-state index in [1.165, 1.54) is 4.90 Å². The van der Waals surface area contributed by atoms with Gasteiger partial charge in [0.05, 0.1) is 7.11 Å². The molecule has 5 heteroatoms. The second-order valence-electron chi connectivity index (χ2n) is 4.51. The minimum Gasteiger partial charge on any atom is -0.497 e. The smallest absolute Gasteiger partial charge is 0.262 e. The molecule has 0 aliphatic carbocycles. The Hall–Kier alpha value is -1.75.